The van der Waals surface area contributed by atoms with E-state index in [1.807, 2.05) is 6.92 Å². The molecular formula is C10H14ClNO3S. The summed E-state index contributed by atoms with van der Waals surface area (Å²) in [6.07, 6.45) is 3.21. The minimum Gasteiger partial charge on any atom is -0.475 e. The van der Waals surface area contributed by atoms with Crippen molar-refractivity contribution in [2.45, 2.75) is 37.7 Å². The Labute approximate surface area is 100 Å². The molecule has 0 bridgehead atoms. The molecule has 0 N–H and O–H groups in total. The van der Waals surface area contributed by atoms with Crippen molar-refractivity contribution in [3.63, 3.8) is 0 Å². The van der Waals surface area contributed by atoms with E-state index in [-0.39, 0.29) is 11.0 Å². The lowest BCUT2D eigenvalue weighted by Crippen LogP contribution is -2.11. The first-order valence-electron chi connectivity index (χ1n) is 5.01. The van der Waals surface area contributed by atoms with Gasteiger partial charge >= 0.3 is 0 Å². The largest absolute Gasteiger partial charge is 0.475 e. The Morgan fingerprint density at radius 3 is 2.62 bits per heavy atom. The SMILES string of the molecule is CCCC(C)Oc1ccc(S(=O)(=O)Cl)cn1. The predicted octanol–water partition coefficient (Wildman–Crippen LogP) is 2.58. The van der Waals surface area contributed by atoms with Crippen LogP contribution < -0.4 is 4.74 Å². The van der Waals surface area contributed by atoms with Gasteiger partial charge in [0.25, 0.3) is 9.05 Å². The zero-order chi connectivity index (χ0) is 12.2. The van der Waals surface area contributed by atoms with Crippen LogP contribution in [0.3, 0.4) is 0 Å². The van der Waals surface area contributed by atoms with Gasteiger partial charge in [0, 0.05) is 16.7 Å². The quantitative estimate of drug-likeness (QED) is 0.766. The van der Waals surface area contributed by atoms with Crippen molar-refractivity contribution in [3.8, 4) is 5.88 Å². The molecule has 1 aromatic heterocycles. The van der Waals surface area contributed by atoms with Gasteiger partial charge in [-0.1, -0.05) is 13.3 Å². The maximum absolute atomic E-state index is 11.0. The number of hydrogen-bond donors (Lipinski definition) is 0. The summed E-state index contributed by atoms with van der Waals surface area (Å²) in [6.45, 7) is 4.01. The fourth-order valence-corrected chi connectivity index (χ4v) is 1.94. The van der Waals surface area contributed by atoms with Crippen molar-refractivity contribution in [2.75, 3.05) is 0 Å². The molecule has 0 aliphatic rings. The van der Waals surface area contributed by atoms with Crippen molar-refractivity contribution in [1.29, 1.82) is 0 Å². The fourth-order valence-electron chi connectivity index (χ4n) is 1.25. The zero-order valence-corrected chi connectivity index (χ0v) is 10.8. The van der Waals surface area contributed by atoms with Crippen LogP contribution in [-0.4, -0.2) is 19.5 Å². The third-order valence-electron chi connectivity index (χ3n) is 2.01. The molecule has 1 heterocycles. The van der Waals surface area contributed by atoms with Crippen LogP contribution in [-0.2, 0) is 9.05 Å². The molecule has 6 heteroatoms. The molecular weight excluding hydrogens is 250 g/mol. The molecule has 0 fully saturated rings. The third kappa shape index (κ3) is 3.98. The van der Waals surface area contributed by atoms with Gasteiger partial charge in [0.15, 0.2) is 0 Å². The van der Waals surface area contributed by atoms with E-state index < -0.39 is 9.05 Å². The highest BCUT2D eigenvalue weighted by atomic mass is 35.7. The van der Waals surface area contributed by atoms with Crippen LogP contribution in [0.1, 0.15) is 26.7 Å². The Morgan fingerprint density at radius 1 is 1.50 bits per heavy atom. The van der Waals surface area contributed by atoms with Crippen LogP contribution in [0.4, 0.5) is 0 Å². The molecule has 0 aliphatic heterocycles. The Kier molecular flexibility index (Phi) is 4.56. The van der Waals surface area contributed by atoms with Crippen LogP contribution in [0.15, 0.2) is 23.2 Å². The molecule has 0 aliphatic carbocycles. The molecule has 1 rings (SSSR count). The van der Waals surface area contributed by atoms with Gasteiger partial charge < -0.3 is 4.74 Å². The van der Waals surface area contributed by atoms with E-state index in [4.69, 9.17) is 15.4 Å². The van der Waals surface area contributed by atoms with Crippen LogP contribution in [0.2, 0.25) is 0 Å². The van der Waals surface area contributed by atoms with Crippen molar-refractivity contribution < 1.29 is 13.2 Å². The molecule has 0 saturated carbocycles. The molecule has 0 radical (unpaired) electrons. The van der Waals surface area contributed by atoms with Crippen LogP contribution in [0, 0.1) is 0 Å². The first-order valence-corrected chi connectivity index (χ1v) is 7.31. The van der Waals surface area contributed by atoms with Gasteiger partial charge in [-0.15, -0.1) is 0 Å². The normalized spacial score (nSPS) is 13.4. The average Bonchev–Trinajstić information content (AvgIpc) is 2.17. The first-order chi connectivity index (χ1) is 7.43. The van der Waals surface area contributed by atoms with Crippen LogP contribution in [0.5, 0.6) is 5.88 Å². The van der Waals surface area contributed by atoms with Crippen molar-refractivity contribution in [3.05, 3.63) is 18.3 Å². The lowest BCUT2D eigenvalue weighted by Gasteiger charge is -2.12. The van der Waals surface area contributed by atoms with Crippen molar-refractivity contribution in [2.24, 2.45) is 0 Å². The van der Waals surface area contributed by atoms with Gasteiger partial charge in [-0.3, -0.25) is 0 Å². The number of rotatable bonds is 5. The molecule has 1 unspecified atom stereocenters. The number of halogens is 1. The highest BCUT2D eigenvalue weighted by Crippen LogP contribution is 2.17. The molecule has 0 aromatic carbocycles. The number of nitrogens with zero attached hydrogens (tertiary/aromatic N) is 1. The van der Waals surface area contributed by atoms with E-state index in [2.05, 4.69) is 11.9 Å². The molecule has 90 valence electrons. The predicted molar refractivity (Wildman–Crippen MR) is 62.3 cm³/mol. The van der Waals surface area contributed by atoms with E-state index in [1.54, 1.807) is 0 Å². The molecule has 16 heavy (non-hydrogen) atoms. The molecule has 0 saturated heterocycles. The summed E-state index contributed by atoms with van der Waals surface area (Å²) in [5, 5.41) is 0. The van der Waals surface area contributed by atoms with E-state index in [9.17, 15) is 8.42 Å². The maximum atomic E-state index is 11.0. The number of hydrogen-bond acceptors (Lipinski definition) is 4. The van der Waals surface area contributed by atoms with E-state index >= 15 is 0 Å². The van der Waals surface area contributed by atoms with E-state index in [1.165, 1.54) is 18.3 Å². The maximum Gasteiger partial charge on any atom is 0.262 e. The number of aromatic nitrogens is 1. The van der Waals surface area contributed by atoms with E-state index in [0.29, 0.717) is 5.88 Å². The van der Waals surface area contributed by atoms with Gasteiger partial charge in [-0.25, -0.2) is 13.4 Å². The summed E-state index contributed by atoms with van der Waals surface area (Å²) < 4.78 is 27.4. The monoisotopic (exact) mass is 263 g/mol. The summed E-state index contributed by atoms with van der Waals surface area (Å²) in [6, 6.07) is 2.88. The van der Waals surface area contributed by atoms with Gasteiger partial charge in [-0.05, 0) is 19.4 Å². The summed E-state index contributed by atoms with van der Waals surface area (Å²) in [4.78, 5) is 3.86. The molecule has 4 nitrogen and oxygen atoms in total. The van der Waals surface area contributed by atoms with Gasteiger partial charge in [0.2, 0.25) is 5.88 Å². The molecule has 0 spiro atoms. The van der Waals surface area contributed by atoms with E-state index in [0.717, 1.165) is 12.8 Å². The molecule has 0 amide bonds. The van der Waals surface area contributed by atoms with Crippen molar-refractivity contribution >= 4 is 19.7 Å². The second-order valence-electron chi connectivity index (χ2n) is 3.49. The van der Waals surface area contributed by atoms with Crippen LogP contribution >= 0.6 is 10.7 Å². The Balaban J connectivity index is 2.72. The minimum absolute atomic E-state index is 0.0235. The Bertz CT molecular complexity index is 430. The smallest absolute Gasteiger partial charge is 0.262 e. The van der Waals surface area contributed by atoms with Gasteiger partial charge in [-0.2, -0.15) is 0 Å². The molecule has 1 atom stereocenters. The van der Waals surface area contributed by atoms with Gasteiger partial charge in [0.05, 0.1) is 12.3 Å². The molecule has 1 aromatic rings. The highest BCUT2D eigenvalue weighted by molar-refractivity contribution is 8.13. The summed E-state index contributed by atoms with van der Waals surface area (Å²) in [7, 11) is 1.45. The van der Waals surface area contributed by atoms with Crippen molar-refractivity contribution in [1.82, 2.24) is 4.98 Å². The fraction of sp³-hybridized carbons (Fsp3) is 0.500. The summed E-state index contributed by atoms with van der Waals surface area (Å²) in [5.74, 6) is 0.407. The standard InChI is InChI=1S/C10H14ClNO3S/c1-3-4-8(2)15-10-6-5-9(7-12-10)16(11,13)14/h5-8H,3-4H2,1-2H3. The number of ether oxygens (including phenoxy) is 1. The first kappa shape index (κ1) is 13.3. The van der Waals surface area contributed by atoms with Gasteiger partial charge in [0.1, 0.15) is 4.90 Å². The average molecular weight is 264 g/mol. The summed E-state index contributed by atoms with van der Waals surface area (Å²) >= 11 is 0. The summed E-state index contributed by atoms with van der Waals surface area (Å²) in [5.41, 5.74) is 0. The minimum atomic E-state index is -3.70. The highest BCUT2D eigenvalue weighted by Gasteiger charge is 2.11. The third-order valence-corrected chi connectivity index (χ3v) is 3.35. The van der Waals surface area contributed by atoms with Crippen LogP contribution in [0.25, 0.3) is 0 Å². The number of pyridine rings is 1. The second kappa shape index (κ2) is 5.50. The second-order valence-corrected chi connectivity index (χ2v) is 6.05. The Hall–Kier alpha value is -0.810. The Morgan fingerprint density at radius 2 is 2.19 bits per heavy atom. The lowest BCUT2D eigenvalue weighted by atomic mass is 10.2. The zero-order valence-electron chi connectivity index (χ0n) is 9.18. The topological polar surface area (TPSA) is 56.3 Å². The lowest BCUT2D eigenvalue weighted by molar-refractivity contribution is 0.201.